The fourth-order valence-electron chi connectivity index (χ4n) is 4.51. The van der Waals surface area contributed by atoms with E-state index in [2.05, 4.69) is 23.5 Å². The van der Waals surface area contributed by atoms with Gasteiger partial charge in [-0.2, -0.15) is 0 Å². The van der Waals surface area contributed by atoms with Crippen molar-refractivity contribution in [3.8, 4) is 0 Å². The number of hydrogen-bond donors (Lipinski definition) is 1. The van der Waals surface area contributed by atoms with Crippen molar-refractivity contribution in [3.05, 3.63) is 100 Å². The molecule has 0 fully saturated rings. The number of anilines is 1. The first kappa shape index (κ1) is 24.0. The zero-order valence-corrected chi connectivity index (χ0v) is 20.9. The Morgan fingerprint density at radius 3 is 2.32 bits per heavy atom. The molecule has 6 heteroatoms. The molecule has 0 bridgehead atoms. The number of benzene rings is 3. The molecule has 178 valence electrons. The first-order valence-corrected chi connectivity index (χ1v) is 13.6. The van der Waals surface area contributed by atoms with Crippen LogP contribution in [0.5, 0.6) is 0 Å². The predicted molar refractivity (Wildman–Crippen MR) is 138 cm³/mol. The number of hydrogen-bond acceptors (Lipinski definition) is 3. The monoisotopic (exact) mass is 476 g/mol. The van der Waals surface area contributed by atoms with Crippen molar-refractivity contribution in [2.75, 3.05) is 10.6 Å². The van der Waals surface area contributed by atoms with Crippen LogP contribution in [0.2, 0.25) is 0 Å². The minimum atomic E-state index is -3.50. The normalized spacial score (nSPS) is 14.2. The molecule has 0 aliphatic heterocycles. The summed E-state index contributed by atoms with van der Waals surface area (Å²) in [7, 11) is -3.50. The molecule has 1 atom stereocenters. The van der Waals surface area contributed by atoms with E-state index in [1.165, 1.54) is 34.5 Å². The van der Waals surface area contributed by atoms with Crippen molar-refractivity contribution < 1.29 is 13.2 Å². The Bertz CT molecular complexity index is 1280. The van der Waals surface area contributed by atoms with Gasteiger partial charge in [0.25, 0.3) is 5.91 Å². The molecule has 1 N–H and O–H groups in total. The van der Waals surface area contributed by atoms with Crippen molar-refractivity contribution in [2.45, 2.75) is 52.1 Å². The fourth-order valence-corrected chi connectivity index (χ4v) is 5.39. The summed E-state index contributed by atoms with van der Waals surface area (Å²) in [5, 5.41) is 3.07. The highest BCUT2D eigenvalue weighted by Crippen LogP contribution is 2.26. The molecular formula is C28H32N2O3S. The van der Waals surface area contributed by atoms with Gasteiger partial charge in [0.2, 0.25) is 10.0 Å². The average Bonchev–Trinajstić information content (AvgIpc) is 2.82. The molecule has 34 heavy (non-hydrogen) atoms. The Labute approximate surface area is 202 Å². The highest BCUT2D eigenvalue weighted by molar-refractivity contribution is 7.92. The molecular weight excluding hydrogens is 444 g/mol. The van der Waals surface area contributed by atoms with Crippen LogP contribution in [-0.4, -0.2) is 20.6 Å². The van der Waals surface area contributed by atoms with Gasteiger partial charge in [0.1, 0.15) is 0 Å². The second-order valence-electron chi connectivity index (χ2n) is 9.17. The molecule has 0 aromatic heterocycles. The van der Waals surface area contributed by atoms with E-state index in [-0.39, 0.29) is 18.5 Å². The molecule has 5 nitrogen and oxygen atoms in total. The number of sulfonamides is 1. The lowest BCUT2D eigenvalue weighted by atomic mass is 9.89. The van der Waals surface area contributed by atoms with Gasteiger partial charge in [-0.25, -0.2) is 8.42 Å². The molecule has 0 spiro atoms. The number of carbonyl (C=O) groups is 1. The van der Waals surface area contributed by atoms with Gasteiger partial charge in [0, 0.05) is 5.56 Å². The molecule has 0 saturated heterocycles. The van der Waals surface area contributed by atoms with E-state index in [4.69, 9.17) is 0 Å². The van der Waals surface area contributed by atoms with Gasteiger partial charge in [0.15, 0.2) is 0 Å². The summed E-state index contributed by atoms with van der Waals surface area (Å²) >= 11 is 0. The molecule has 3 aromatic carbocycles. The van der Waals surface area contributed by atoms with Crippen LogP contribution in [0.25, 0.3) is 0 Å². The fraction of sp³-hybridized carbons (Fsp3) is 0.321. The minimum absolute atomic E-state index is 0.118. The van der Waals surface area contributed by atoms with Crippen LogP contribution >= 0.6 is 0 Å². The maximum atomic E-state index is 12.9. The van der Waals surface area contributed by atoms with Gasteiger partial charge in [-0.1, -0.05) is 42.5 Å². The molecule has 3 aromatic rings. The molecule has 0 heterocycles. The number of nitrogens with zero attached hydrogens (tertiary/aromatic N) is 1. The van der Waals surface area contributed by atoms with E-state index in [0.29, 0.717) is 11.3 Å². The van der Waals surface area contributed by atoms with Gasteiger partial charge >= 0.3 is 0 Å². The van der Waals surface area contributed by atoms with Crippen molar-refractivity contribution >= 4 is 21.6 Å². The summed E-state index contributed by atoms with van der Waals surface area (Å²) in [4.78, 5) is 12.9. The van der Waals surface area contributed by atoms with Gasteiger partial charge < -0.3 is 5.32 Å². The topological polar surface area (TPSA) is 66.5 Å². The molecule has 1 aliphatic rings. The van der Waals surface area contributed by atoms with E-state index in [1.807, 2.05) is 38.1 Å². The van der Waals surface area contributed by atoms with E-state index >= 15 is 0 Å². The third-order valence-electron chi connectivity index (χ3n) is 6.61. The number of carbonyl (C=O) groups excluding carboxylic acids is 1. The van der Waals surface area contributed by atoms with Crippen LogP contribution in [0.4, 0.5) is 5.69 Å². The minimum Gasteiger partial charge on any atom is -0.346 e. The average molecular weight is 477 g/mol. The van der Waals surface area contributed by atoms with E-state index in [1.54, 1.807) is 24.3 Å². The van der Waals surface area contributed by atoms with Gasteiger partial charge in [0.05, 0.1) is 24.5 Å². The lowest BCUT2D eigenvalue weighted by Gasteiger charge is -2.24. The molecule has 1 amide bonds. The zero-order chi connectivity index (χ0) is 24.3. The van der Waals surface area contributed by atoms with Gasteiger partial charge in [-0.3, -0.25) is 9.10 Å². The molecule has 1 aliphatic carbocycles. The Morgan fingerprint density at radius 1 is 0.971 bits per heavy atom. The van der Waals surface area contributed by atoms with Crippen LogP contribution in [0, 0.1) is 6.92 Å². The summed E-state index contributed by atoms with van der Waals surface area (Å²) in [6.07, 6.45) is 5.90. The molecule has 0 radical (unpaired) electrons. The lowest BCUT2D eigenvalue weighted by molar-refractivity contribution is 0.0940. The Morgan fingerprint density at radius 2 is 1.65 bits per heavy atom. The number of amides is 1. The van der Waals surface area contributed by atoms with E-state index in [0.717, 1.165) is 29.5 Å². The predicted octanol–water partition coefficient (Wildman–Crippen LogP) is 5.33. The number of nitrogens with one attached hydrogen (secondary N) is 1. The quantitative estimate of drug-likeness (QED) is 0.501. The zero-order valence-electron chi connectivity index (χ0n) is 20.0. The van der Waals surface area contributed by atoms with Crippen molar-refractivity contribution in [3.63, 3.8) is 0 Å². The summed E-state index contributed by atoms with van der Waals surface area (Å²) in [6.45, 7) is 4.20. The van der Waals surface area contributed by atoms with Crippen molar-refractivity contribution in [1.82, 2.24) is 5.32 Å². The summed E-state index contributed by atoms with van der Waals surface area (Å²) in [5.41, 5.74) is 6.92. The highest BCUT2D eigenvalue weighted by Gasteiger charge is 2.20. The Balaban J connectivity index is 1.48. The third-order valence-corrected chi connectivity index (χ3v) is 7.75. The van der Waals surface area contributed by atoms with Gasteiger partial charge in [-0.05, 0) is 91.6 Å². The van der Waals surface area contributed by atoms with Gasteiger partial charge in [-0.15, -0.1) is 0 Å². The van der Waals surface area contributed by atoms with Crippen LogP contribution in [-0.2, 0) is 29.4 Å². The van der Waals surface area contributed by atoms with Crippen LogP contribution in [0.3, 0.4) is 0 Å². The van der Waals surface area contributed by atoms with E-state index < -0.39 is 10.0 Å². The lowest BCUT2D eigenvalue weighted by Crippen LogP contribution is -2.30. The smallest absolute Gasteiger partial charge is 0.251 e. The van der Waals surface area contributed by atoms with Crippen LogP contribution in [0.1, 0.15) is 64.0 Å². The summed E-state index contributed by atoms with van der Waals surface area (Å²) < 4.78 is 26.4. The SMILES string of the molecule is Cc1ccccc1CN(c1ccc(C(=O)N[C@@H](C)c2ccc3c(c2)CCCC3)cc1)S(C)(=O)=O. The Kier molecular flexibility index (Phi) is 7.08. The van der Waals surface area contributed by atoms with Crippen LogP contribution < -0.4 is 9.62 Å². The third kappa shape index (κ3) is 5.50. The van der Waals surface area contributed by atoms with Crippen LogP contribution in [0.15, 0.2) is 66.7 Å². The van der Waals surface area contributed by atoms with Crippen molar-refractivity contribution in [2.24, 2.45) is 0 Å². The highest BCUT2D eigenvalue weighted by atomic mass is 32.2. The van der Waals surface area contributed by atoms with E-state index in [9.17, 15) is 13.2 Å². The van der Waals surface area contributed by atoms with Crippen molar-refractivity contribution in [1.29, 1.82) is 0 Å². The summed E-state index contributed by atoms with van der Waals surface area (Å²) in [5.74, 6) is -0.179. The number of fused-ring (bicyclic) bond motifs is 1. The largest absolute Gasteiger partial charge is 0.346 e. The molecule has 0 unspecified atom stereocenters. The standard InChI is InChI=1S/C28H32N2O3S/c1-20-8-4-5-11-26(20)19-30(34(3,32)33)27-16-14-23(15-17-27)28(31)29-21(2)24-13-12-22-9-6-7-10-25(22)18-24/h4-5,8,11-18,21H,6-7,9-10,19H2,1-3H3,(H,29,31)/t21-/m0/s1. The first-order chi connectivity index (χ1) is 16.2. The summed E-state index contributed by atoms with van der Waals surface area (Å²) in [6, 6.07) is 20.9. The first-order valence-electron chi connectivity index (χ1n) is 11.8. The second kappa shape index (κ2) is 10.0. The maximum Gasteiger partial charge on any atom is 0.251 e. The maximum absolute atomic E-state index is 12.9. The molecule has 4 rings (SSSR count). The second-order valence-corrected chi connectivity index (χ2v) is 11.1. The number of aryl methyl sites for hydroxylation is 3. The number of rotatable bonds is 7. The Hall–Kier alpha value is -3.12. The molecule has 0 saturated carbocycles.